The van der Waals surface area contributed by atoms with Crippen LogP contribution < -0.4 is 11.1 Å². The van der Waals surface area contributed by atoms with Crippen LogP contribution in [0.3, 0.4) is 0 Å². The molecule has 35 heavy (non-hydrogen) atoms. The summed E-state index contributed by atoms with van der Waals surface area (Å²) in [6.07, 6.45) is 10.5. The molecule has 0 radical (unpaired) electrons. The van der Waals surface area contributed by atoms with Gasteiger partial charge in [-0.25, -0.2) is 0 Å². The molecular weight excluding hydrogens is 434 g/mol. The van der Waals surface area contributed by atoms with Crippen LogP contribution in [0.25, 0.3) is 22.0 Å². The van der Waals surface area contributed by atoms with Crippen molar-refractivity contribution < 1.29 is 9.59 Å². The number of para-hydroxylation sites is 1. The van der Waals surface area contributed by atoms with Crippen LogP contribution in [-0.4, -0.2) is 29.8 Å². The van der Waals surface area contributed by atoms with E-state index in [4.69, 9.17) is 0 Å². The summed E-state index contributed by atoms with van der Waals surface area (Å²) < 4.78 is 1.97. The molecule has 2 aromatic carbocycles. The molecule has 1 aromatic heterocycles. The Bertz CT molecular complexity index is 1200. The number of carbonyl (C=O) groups excluding carboxylic acids is 2. The van der Waals surface area contributed by atoms with Gasteiger partial charge in [0.15, 0.2) is 6.29 Å². The highest BCUT2D eigenvalue weighted by atomic mass is 16.2. The van der Waals surface area contributed by atoms with Gasteiger partial charge in [-0.1, -0.05) is 57.4 Å². The monoisotopic (exact) mass is 473 g/mol. The van der Waals surface area contributed by atoms with E-state index in [0.717, 1.165) is 71.8 Å². The minimum absolute atomic E-state index is 0.0160. The van der Waals surface area contributed by atoms with Crippen molar-refractivity contribution in [2.24, 2.45) is 11.1 Å². The normalized spacial score (nSPS) is 17.4. The summed E-state index contributed by atoms with van der Waals surface area (Å²) in [6.45, 7) is 4.42. The highest BCUT2D eigenvalue weighted by Gasteiger charge is 2.39. The lowest BCUT2D eigenvalue weighted by Crippen LogP contribution is -2.35. The molecule has 2 aliphatic rings. The molecule has 2 heterocycles. The SMILES string of the molecule is CCC1(CC)CC(=O)n2c(c(-c3ccc(C=O)c(NC4CCCCC4)c3)c3ccccc32)C1.CN. The number of nitrogens with two attached hydrogens (primary N) is 1. The van der Waals surface area contributed by atoms with Crippen LogP contribution in [0.2, 0.25) is 0 Å². The lowest BCUT2D eigenvalue weighted by atomic mass is 9.72. The van der Waals surface area contributed by atoms with E-state index in [9.17, 15) is 9.59 Å². The summed E-state index contributed by atoms with van der Waals surface area (Å²) in [5.74, 6) is 0.201. The van der Waals surface area contributed by atoms with E-state index in [0.29, 0.717) is 18.0 Å². The number of rotatable bonds is 6. The largest absolute Gasteiger partial charge is 0.382 e. The molecular formula is C30H39N3O2. The van der Waals surface area contributed by atoms with E-state index in [-0.39, 0.29) is 11.3 Å². The van der Waals surface area contributed by atoms with Crippen molar-refractivity contribution in [1.29, 1.82) is 0 Å². The summed E-state index contributed by atoms with van der Waals surface area (Å²) >= 11 is 0. The number of hydrogen-bond donors (Lipinski definition) is 2. The zero-order chi connectivity index (χ0) is 25.0. The van der Waals surface area contributed by atoms with Crippen LogP contribution in [-0.2, 0) is 6.42 Å². The Labute approximate surface area is 209 Å². The van der Waals surface area contributed by atoms with Crippen LogP contribution >= 0.6 is 0 Å². The van der Waals surface area contributed by atoms with Gasteiger partial charge in [0.2, 0.25) is 5.91 Å². The molecule has 186 valence electrons. The second-order valence-corrected chi connectivity index (χ2v) is 10.0. The number of fused-ring (bicyclic) bond motifs is 3. The number of aldehydes is 1. The zero-order valence-electron chi connectivity index (χ0n) is 21.4. The third-order valence-corrected chi connectivity index (χ3v) is 8.22. The Kier molecular flexibility index (Phi) is 7.75. The third-order valence-electron chi connectivity index (χ3n) is 8.22. The molecule has 0 unspecified atom stereocenters. The van der Waals surface area contributed by atoms with E-state index in [1.807, 2.05) is 16.7 Å². The Morgan fingerprint density at radius 3 is 2.43 bits per heavy atom. The molecule has 1 aliphatic carbocycles. The smallest absolute Gasteiger partial charge is 0.231 e. The fraction of sp³-hybridized carbons (Fsp3) is 0.467. The predicted octanol–water partition coefficient (Wildman–Crippen LogP) is 6.83. The van der Waals surface area contributed by atoms with E-state index < -0.39 is 0 Å². The molecule has 3 N–H and O–H groups in total. The van der Waals surface area contributed by atoms with E-state index >= 15 is 0 Å². The minimum atomic E-state index is 0.0160. The van der Waals surface area contributed by atoms with E-state index in [1.165, 1.54) is 26.3 Å². The van der Waals surface area contributed by atoms with Crippen molar-refractivity contribution in [3.05, 3.63) is 53.7 Å². The van der Waals surface area contributed by atoms with E-state index in [1.54, 1.807) is 0 Å². The predicted molar refractivity (Wildman–Crippen MR) is 145 cm³/mol. The fourth-order valence-corrected chi connectivity index (χ4v) is 6.04. The van der Waals surface area contributed by atoms with Gasteiger partial charge in [0.05, 0.1) is 5.52 Å². The molecule has 0 atom stereocenters. The molecule has 3 aromatic rings. The summed E-state index contributed by atoms with van der Waals surface area (Å²) in [7, 11) is 1.50. The Balaban J connectivity index is 0.00000141. The molecule has 0 amide bonds. The average Bonchev–Trinajstić information content (AvgIpc) is 3.24. The summed E-state index contributed by atoms with van der Waals surface area (Å²) in [4.78, 5) is 25.2. The lowest BCUT2D eigenvalue weighted by molar-refractivity contribution is 0.0769. The van der Waals surface area contributed by atoms with Crippen LogP contribution in [0.5, 0.6) is 0 Å². The second kappa shape index (κ2) is 10.8. The Morgan fingerprint density at radius 1 is 1.03 bits per heavy atom. The maximum Gasteiger partial charge on any atom is 0.231 e. The third kappa shape index (κ3) is 4.66. The molecule has 0 spiro atoms. The van der Waals surface area contributed by atoms with Crippen LogP contribution in [0.4, 0.5) is 5.69 Å². The first-order chi connectivity index (χ1) is 17.1. The number of hydrogen-bond acceptors (Lipinski definition) is 4. The van der Waals surface area contributed by atoms with Gasteiger partial charge in [-0.2, -0.15) is 0 Å². The summed E-state index contributed by atoms with van der Waals surface area (Å²) in [5.41, 5.74) is 10.5. The van der Waals surface area contributed by atoms with Crippen LogP contribution in [0.1, 0.15) is 86.1 Å². The zero-order valence-corrected chi connectivity index (χ0v) is 21.4. The molecule has 5 heteroatoms. The summed E-state index contributed by atoms with van der Waals surface area (Å²) in [5, 5.41) is 4.79. The van der Waals surface area contributed by atoms with Crippen molar-refractivity contribution in [2.45, 2.75) is 77.7 Å². The number of benzene rings is 2. The van der Waals surface area contributed by atoms with Crippen LogP contribution in [0, 0.1) is 5.41 Å². The van der Waals surface area contributed by atoms with Crippen molar-refractivity contribution in [2.75, 3.05) is 12.4 Å². The highest BCUT2D eigenvalue weighted by Crippen LogP contribution is 2.46. The first kappa shape index (κ1) is 25.2. The molecule has 0 saturated heterocycles. The number of aromatic nitrogens is 1. The van der Waals surface area contributed by atoms with Gasteiger partial charge in [-0.05, 0) is 68.3 Å². The van der Waals surface area contributed by atoms with Gasteiger partial charge < -0.3 is 11.1 Å². The molecule has 1 aliphatic heterocycles. The summed E-state index contributed by atoms with van der Waals surface area (Å²) in [6, 6.07) is 14.8. The number of anilines is 1. The second-order valence-electron chi connectivity index (χ2n) is 10.0. The Morgan fingerprint density at radius 2 is 1.74 bits per heavy atom. The minimum Gasteiger partial charge on any atom is -0.382 e. The standard InChI is InChI=1S/C29H34N2O2.CH5N/c1-3-29(4-2)17-26-28(23-12-8-9-13-25(23)31(26)27(33)18-29)20-14-15-21(19-32)24(16-20)30-22-10-6-5-7-11-22;1-2/h8-9,12-16,19,22,30H,3-7,10-11,17-18H2,1-2H3;2H2,1H3. The average molecular weight is 474 g/mol. The molecule has 5 nitrogen and oxygen atoms in total. The van der Waals surface area contributed by atoms with Crippen molar-refractivity contribution in [1.82, 2.24) is 4.57 Å². The van der Waals surface area contributed by atoms with Crippen molar-refractivity contribution in [3.63, 3.8) is 0 Å². The maximum absolute atomic E-state index is 13.4. The van der Waals surface area contributed by atoms with Gasteiger partial charge >= 0.3 is 0 Å². The van der Waals surface area contributed by atoms with E-state index in [2.05, 4.69) is 55.2 Å². The highest BCUT2D eigenvalue weighted by molar-refractivity contribution is 6.05. The quantitative estimate of drug-likeness (QED) is 0.385. The van der Waals surface area contributed by atoms with Crippen molar-refractivity contribution >= 4 is 28.8 Å². The first-order valence-electron chi connectivity index (χ1n) is 13.2. The van der Waals surface area contributed by atoms with Gasteiger partial charge in [-0.3, -0.25) is 14.2 Å². The molecule has 1 saturated carbocycles. The topological polar surface area (TPSA) is 77.1 Å². The lowest BCUT2D eigenvalue weighted by Gasteiger charge is -2.36. The van der Waals surface area contributed by atoms with Gasteiger partial charge in [-0.15, -0.1) is 0 Å². The van der Waals surface area contributed by atoms with Crippen molar-refractivity contribution in [3.8, 4) is 11.1 Å². The maximum atomic E-state index is 13.4. The number of carbonyl (C=O) groups is 2. The van der Waals surface area contributed by atoms with Crippen LogP contribution in [0.15, 0.2) is 42.5 Å². The molecule has 0 bridgehead atoms. The first-order valence-corrected chi connectivity index (χ1v) is 13.2. The molecule has 1 fully saturated rings. The van der Waals surface area contributed by atoms with Gasteiger partial charge in [0.25, 0.3) is 0 Å². The van der Waals surface area contributed by atoms with Gasteiger partial charge in [0.1, 0.15) is 0 Å². The van der Waals surface area contributed by atoms with Gasteiger partial charge in [0, 0.05) is 40.4 Å². The molecule has 5 rings (SSSR count). The fourth-order valence-electron chi connectivity index (χ4n) is 6.04. The Hall–Kier alpha value is -2.92. The number of nitrogens with zero attached hydrogens (tertiary/aromatic N) is 1. The number of nitrogens with one attached hydrogen (secondary N) is 1.